The molecule has 108 valence electrons. The Hall–Kier alpha value is -2.47. The number of carboxylic acids is 1. The fraction of sp³-hybridized carbons (Fsp3) is 0.133. The highest BCUT2D eigenvalue weighted by Gasteiger charge is 2.10. The summed E-state index contributed by atoms with van der Waals surface area (Å²) in [5.74, 6) is -0.769. The van der Waals surface area contributed by atoms with E-state index in [-0.39, 0.29) is 5.91 Å². The van der Waals surface area contributed by atoms with Gasteiger partial charge in [-0.15, -0.1) is 11.3 Å². The fourth-order valence-corrected chi connectivity index (χ4v) is 2.61. The molecule has 2 N–H and O–H groups in total. The number of hydrogen-bond acceptors (Lipinski definition) is 4. The van der Waals surface area contributed by atoms with Crippen LogP contribution in [-0.2, 0) is 4.79 Å². The van der Waals surface area contributed by atoms with Crippen LogP contribution in [-0.4, -0.2) is 22.0 Å². The number of rotatable bonds is 4. The highest BCUT2D eigenvalue weighted by atomic mass is 32.1. The Morgan fingerprint density at radius 1 is 1.29 bits per heavy atom. The summed E-state index contributed by atoms with van der Waals surface area (Å²) in [5, 5.41) is 11.3. The molecule has 0 saturated heterocycles. The summed E-state index contributed by atoms with van der Waals surface area (Å²) in [6, 6.07) is 7.08. The van der Waals surface area contributed by atoms with E-state index in [4.69, 9.17) is 5.11 Å². The van der Waals surface area contributed by atoms with E-state index >= 15 is 0 Å². The van der Waals surface area contributed by atoms with Crippen molar-refractivity contribution >= 4 is 35.1 Å². The summed E-state index contributed by atoms with van der Waals surface area (Å²) in [7, 11) is 0. The standard InChI is InChI=1S/C15H14N2O3S/c1-9-7-10(2)16-13(8-9)17-15(20)12-5-3-11(21-12)4-6-14(18)19/h3-8H,1-2H3,(H,18,19)(H,16,17,20)/b6-4+. The molecule has 0 aliphatic carbocycles. The number of carbonyl (C=O) groups is 2. The van der Waals surface area contributed by atoms with E-state index in [1.54, 1.807) is 18.2 Å². The second kappa shape index (κ2) is 6.32. The molecule has 2 aromatic rings. The van der Waals surface area contributed by atoms with E-state index < -0.39 is 5.97 Å². The van der Waals surface area contributed by atoms with Crippen LogP contribution in [0.4, 0.5) is 5.82 Å². The zero-order valence-electron chi connectivity index (χ0n) is 11.6. The smallest absolute Gasteiger partial charge is 0.328 e. The first-order valence-corrected chi connectivity index (χ1v) is 7.03. The molecule has 2 heterocycles. The number of carbonyl (C=O) groups excluding carboxylic acids is 1. The first-order valence-electron chi connectivity index (χ1n) is 6.21. The quantitative estimate of drug-likeness (QED) is 0.850. The van der Waals surface area contributed by atoms with E-state index in [9.17, 15) is 9.59 Å². The fourth-order valence-electron chi connectivity index (χ4n) is 1.80. The molecule has 2 rings (SSSR count). The van der Waals surface area contributed by atoms with Crippen LogP contribution in [0.25, 0.3) is 6.08 Å². The van der Waals surface area contributed by atoms with Crippen LogP contribution in [0, 0.1) is 13.8 Å². The molecular weight excluding hydrogens is 288 g/mol. The predicted molar refractivity (Wildman–Crippen MR) is 82.7 cm³/mol. The molecule has 2 aromatic heterocycles. The van der Waals surface area contributed by atoms with Crippen molar-refractivity contribution in [3.8, 4) is 0 Å². The van der Waals surface area contributed by atoms with Gasteiger partial charge in [0.25, 0.3) is 5.91 Å². The van der Waals surface area contributed by atoms with E-state index in [0.29, 0.717) is 15.6 Å². The molecular formula is C15H14N2O3S. The van der Waals surface area contributed by atoms with Crippen molar-refractivity contribution in [1.29, 1.82) is 0 Å². The number of aliphatic carboxylic acids is 1. The Morgan fingerprint density at radius 2 is 2.05 bits per heavy atom. The third-order valence-corrected chi connectivity index (χ3v) is 3.63. The average Bonchev–Trinajstić information content (AvgIpc) is 2.83. The molecule has 5 nitrogen and oxygen atoms in total. The van der Waals surface area contributed by atoms with Gasteiger partial charge in [-0.25, -0.2) is 9.78 Å². The third kappa shape index (κ3) is 4.25. The zero-order valence-corrected chi connectivity index (χ0v) is 12.4. The molecule has 0 bridgehead atoms. The van der Waals surface area contributed by atoms with Crippen molar-refractivity contribution in [1.82, 2.24) is 4.98 Å². The molecule has 21 heavy (non-hydrogen) atoms. The van der Waals surface area contributed by atoms with Crippen LogP contribution in [0.5, 0.6) is 0 Å². The van der Waals surface area contributed by atoms with Crippen molar-refractivity contribution in [2.45, 2.75) is 13.8 Å². The Labute approximate surface area is 126 Å². The van der Waals surface area contributed by atoms with Gasteiger partial charge in [-0.3, -0.25) is 4.79 Å². The van der Waals surface area contributed by atoms with Gasteiger partial charge in [0, 0.05) is 16.6 Å². The average molecular weight is 302 g/mol. The maximum atomic E-state index is 12.1. The molecule has 0 fully saturated rings. The Morgan fingerprint density at radius 3 is 2.71 bits per heavy atom. The van der Waals surface area contributed by atoms with E-state index in [2.05, 4.69) is 10.3 Å². The summed E-state index contributed by atoms with van der Waals surface area (Å²) in [6.45, 7) is 3.80. The Balaban J connectivity index is 2.11. The monoisotopic (exact) mass is 302 g/mol. The van der Waals surface area contributed by atoms with Crippen LogP contribution in [0.15, 0.2) is 30.3 Å². The maximum Gasteiger partial charge on any atom is 0.328 e. The van der Waals surface area contributed by atoms with Gasteiger partial charge in [0.2, 0.25) is 0 Å². The number of pyridine rings is 1. The third-order valence-electron chi connectivity index (χ3n) is 2.58. The Bertz CT molecular complexity index is 699. The topological polar surface area (TPSA) is 79.3 Å². The van der Waals surface area contributed by atoms with Gasteiger partial charge in [-0.1, -0.05) is 0 Å². The maximum absolute atomic E-state index is 12.1. The van der Waals surface area contributed by atoms with Crippen molar-refractivity contribution in [3.05, 3.63) is 51.4 Å². The molecule has 0 radical (unpaired) electrons. The highest BCUT2D eigenvalue weighted by Crippen LogP contribution is 2.19. The van der Waals surface area contributed by atoms with Crippen LogP contribution in [0.3, 0.4) is 0 Å². The molecule has 0 unspecified atom stereocenters. The van der Waals surface area contributed by atoms with Crippen molar-refractivity contribution in [2.75, 3.05) is 5.32 Å². The van der Waals surface area contributed by atoms with Gasteiger partial charge in [0.15, 0.2) is 0 Å². The Kier molecular flexibility index (Phi) is 4.49. The van der Waals surface area contributed by atoms with Gasteiger partial charge in [0.05, 0.1) is 4.88 Å². The lowest BCUT2D eigenvalue weighted by atomic mass is 10.2. The number of nitrogens with zero attached hydrogens (tertiary/aromatic N) is 1. The van der Waals surface area contributed by atoms with Crippen LogP contribution in [0.2, 0.25) is 0 Å². The number of aromatic nitrogens is 1. The summed E-state index contributed by atoms with van der Waals surface area (Å²) >= 11 is 1.22. The minimum Gasteiger partial charge on any atom is -0.478 e. The first kappa shape index (κ1) is 14.9. The summed E-state index contributed by atoms with van der Waals surface area (Å²) in [5.41, 5.74) is 1.86. The minimum atomic E-state index is -1.02. The first-order chi connectivity index (χ1) is 9.94. The lowest BCUT2D eigenvalue weighted by Gasteiger charge is -2.05. The SMILES string of the molecule is Cc1cc(C)nc(NC(=O)c2ccc(/C=C/C(=O)O)s2)c1. The van der Waals surface area contributed by atoms with Crippen LogP contribution < -0.4 is 5.32 Å². The van der Waals surface area contributed by atoms with Gasteiger partial charge in [0.1, 0.15) is 5.82 Å². The number of aryl methyl sites for hydroxylation is 2. The largest absolute Gasteiger partial charge is 0.478 e. The number of amides is 1. The van der Waals surface area contributed by atoms with Gasteiger partial charge in [-0.05, 0) is 49.8 Å². The summed E-state index contributed by atoms with van der Waals surface area (Å²) in [4.78, 5) is 28.0. The second-order valence-electron chi connectivity index (χ2n) is 4.50. The van der Waals surface area contributed by atoms with E-state index in [0.717, 1.165) is 17.3 Å². The van der Waals surface area contributed by atoms with Crippen molar-refractivity contribution in [3.63, 3.8) is 0 Å². The molecule has 0 aliphatic rings. The molecule has 0 aromatic carbocycles. The van der Waals surface area contributed by atoms with E-state index in [1.807, 2.05) is 19.9 Å². The second-order valence-corrected chi connectivity index (χ2v) is 5.61. The molecule has 6 heteroatoms. The van der Waals surface area contributed by atoms with Crippen molar-refractivity contribution < 1.29 is 14.7 Å². The predicted octanol–water partition coefficient (Wildman–Crippen LogP) is 3.11. The number of thiophene rings is 1. The number of carboxylic acid groups (broad SMARTS) is 1. The van der Waals surface area contributed by atoms with Gasteiger partial charge in [-0.2, -0.15) is 0 Å². The van der Waals surface area contributed by atoms with E-state index in [1.165, 1.54) is 17.4 Å². The lowest BCUT2D eigenvalue weighted by molar-refractivity contribution is -0.131. The molecule has 0 spiro atoms. The normalized spacial score (nSPS) is 10.8. The molecule has 1 amide bonds. The van der Waals surface area contributed by atoms with Crippen LogP contribution in [0.1, 0.15) is 25.8 Å². The zero-order chi connectivity index (χ0) is 15.4. The van der Waals surface area contributed by atoms with Crippen molar-refractivity contribution in [2.24, 2.45) is 0 Å². The van der Waals surface area contributed by atoms with Gasteiger partial charge < -0.3 is 10.4 Å². The summed E-state index contributed by atoms with van der Waals surface area (Å²) < 4.78 is 0. The number of anilines is 1. The summed E-state index contributed by atoms with van der Waals surface area (Å²) in [6.07, 6.45) is 2.50. The van der Waals surface area contributed by atoms with Crippen LogP contribution >= 0.6 is 11.3 Å². The van der Waals surface area contributed by atoms with Gasteiger partial charge >= 0.3 is 5.97 Å². The lowest BCUT2D eigenvalue weighted by Crippen LogP contribution is -2.11. The minimum absolute atomic E-state index is 0.257. The number of nitrogens with one attached hydrogen (secondary N) is 1. The highest BCUT2D eigenvalue weighted by molar-refractivity contribution is 7.15. The molecule has 0 aliphatic heterocycles. The molecule has 0 saturated carbocycles. The molecule has 0 atom stereocenters. The number of hydrogen-bond donors (Lipinski definition) is 2.